The first-order chi connectivity index (χ1) is 10.4. The van der Waals surface area contributed by atoms with Gasteiger partial charge in [-0.15, -0.1) is 0 Å². The molecule has 1 heterocycles. The van der Waals surface area contributed by atoms with E-state index in [9.17, 15) is 14.4 Å². The Bertz CT molecular complexity index is 642. The van der Waals surface area contributed by atoms with Crippen molar-refractivity contribution in [1.29, 1.82) is 0 Å². The SMILES string of the molecule is CN=C1S[C@H](CC(=O)Nc2ccc(C(=O)O)cc2)C(=O)N1C. The lowest BCUT2D eigenvalue weighted by atomic mass is 10.2. The molecule has 1 aliphatic heterocycles. The van der Waals surface area contributed by atoms with E-state index in [-0.39, 0.29) is 23.8 Å². The number of amidine groups is 1. The monoisotopic (exact) mass is 321 g/mol. The fourth-order valence-corrected chi connectivity index (χ4v) is 3.08. The van der Waals surface area contributed by atoms with E-state index in [4.69, 9.17) is 5.11 Å². The molecule has 8 heteroatoms. The predicted octanol–water partition coefficient (Wildman–Crippen LogP) is 1.27. The topological polar surface area (TPSA) is 99.1 Å². The van der Waals surface area contributed by atoms with Gasteiger partial charge in [0.25, 0.3) is 0 Å². The molecule has 1 atom stereocenters. The van der Waals surface area contributed by atoms with Crippen molar-refractivity contribution in [2.75, 3.05) is 19.4 Å². The number of aromatic carboxylic acids is 1. The Hall–Kier alpha value is -2.35. The van der Waals surface area contributed by atoms with Crippen molar-refractivity contribution in [3.05, 3.63) is 29.8 Å². The average molecular weight is 321 g/mol. The van der Waals surface area contributed by atoms with Crippen LogP contribution in [0.1, 0.15) is 16.8 Å². The number of carbonyl (C=O) groups excluding carboxylic acids is 2. The highest BCUT2D eigenvalue weighted by atomic mass is 32.2. The van der Waals surface area contributed by atoms with E-state index in [1.807, 2.05) is 0 Å². The second-order valence-corrected chi connectivity index (χ2v) is 5.81. The number of carbonyl (C=O) groups is 3. The highest BCUT2D eigenvalue weighted by Crippen LogP contribution is 2.28. The summed E-state index contributed by atoms with van der Waals surface area (Å²) in [6.45, 7) is 0. The van der Waals surface area contributed by atoms with Crippen LogP contribution in [-0.4, -0.2) is 52.3 Å². The molecule has 1 aliphatic rings. The molecule has 2 rings (SSSR count). The Morgan fingerprint density at radius 1 is 1.36 bits per heavy atom. The Balaban J connectivity index is 1.96. The molecular weight excluding hydrogens is 306 g/mol. The number of rotatable bonds is 4. The maximum absolute atomic E-state index is 12.0. The van der Waals surface area contributed by atoms with Crippen LogP contribution < -0.4 is 5.32 Å². The third-order valence-corrected chi connectivity index (χ3v) is 4.44. The highest BCUT2D eigenvalue weighted by Gasteiger charge is 2.36. The predicted molar refractivity (Wildman–Crippen MR) is 84.2 cm³/mol. The largest absolute Gasteiger partial charge is 0.478 e. The van der Waals surface area contributed by atoms with Crippen molar-refractivity contribution < 1.29 is 19.5 Å². The number of anilines is 1. The number of hydrogen-bond donors (Lipinski definition) is 2. The fraction of sp³-hybridized carbons (Fsp3) is 0.286. The summed E-state index contributed by atoms with van der Waals surface area (Å²) >= 11 is 1.26. The first-order valence-electron chi connectivity index (χ1n) is 6.46. The second kappa shape index (κ2) is 6.61. The summed E-state index contributed by atoms with van der Waals surface area (Å²) in [6.07, 6.45) is 0.0353. The number of amides is 2. The van der Waals surface area contributed by atoms with E-state index in [0.717, 1.165) is 0 Å². The number of hydrogen-bond acceptors (Lipinski definition) is 5. The molecule has 0 aromatic heterocycles. The summed E-state index contributed by atoms with van der Waals surface area (Å²) in [5.41, 5.74) is 0.633. The fourth-order valence-electron chi connectivity index (χ4n) is 1.98. The summed E-state index contributed by atoms with van der Waals surface area (Å²) in [7, 11) is 3.22. The third kappa shape index (κ3) is 3.45. The van der Waals surface area contributed by atoms with Gasteiger partial charge in [-0.2, -0.15) is 0 Å². The van der Waals surface area contributed by atoms with E-state index < -0.39 is 11.2 Å². The Labute approximate surface area is 131 Å². The van der Waals surface area contributed by atoms with Crippen LogP contribution in [-0.2, 0) is 9.59 Å². The quantitative estimate of drug-likeness (QED) is 0.870. The Morgan fingerprint density at radius 2 is 2.00 bits per heavy atom. The number of nitrogens with one attached hydrogen (secondary N) is 1. The molecule has 2 amide bonds. The van der Waals surface area contributed by atoms with Crippen molar-refractivity contribution >= 4 is 40.4 Å². The molecular formula is C14H15N3O4S. The summed E-state index contributed by atoms with van der Waals surface area (Å²) in [6, 6.07) is 5.83. The normalized spacial score (nSPS) is 19.5. The molecule has 0 radical (unpaired) electrons. The smallest absolute Gasteiger partial charge is 0.335 e. The maximum Gasteiger partial charge on any atom is 0.335 e. The summed E-state index contributed by atoms with van der Waals surface area (Å²) in [4.78, 5) is 40.1. The number of carboxylic acid groups (broad SMARTS) is 1. The van der Waals surface area contributed by atoms with Crippen molar-refractivity contribution in [3.63, 3.8) is 0 Å². The first kappa shape index (κ1) is 16.0. The van der Waals surface area contributed by atoms with Crippen LogP contribution in [0.25, 0.3) is 0 Å². The van der Waals surface area contributed by atoms with Gasteiger partial charge in [-0.1, -0.05) is 11.8 Å². The lowest BCUT2D eigenvalue weighted by Crippen LogP contribution is -2.30. The van der Waals surface area contributed by atoms with Gasteiger partial charge in [0.15, 0.2) is 5.17 Å². The van der Waals surface area contributed by atoms with Gasteiger partial charge in [-0.25, -0.2) is 4.79 Å². The van der Waals surface area contributed by atoms with Crippen LogP contribution in [0.2, 0.25) is 0 Å². The molecule has 2 N–H and O–H groups in total. The molecule has 0 bridgehead atoms. The maximum atomic E-state index is 12.0. The van der Waals surface area contributed by atoms with Gasteiger partial charge < -0.3 is 10.4 Å². The lowest BCUT2D eigenvalue weighted by molar-refractivity contribution is -0.127. The molecule has 22 heavy (non-hydrogen) atoms. The minimum Gasteiger partial charge on any atom is -0.478 e. The third-order valence-electron chi connectivity index (χ3n) is 3.12. The van der Waals surface area contributed by atoms with E-state index in [1.165, 1.54) is 40.9 Å². The van der Waals surface area contributed by atoms with Crippen LogP contribution >= 0.6 is 11.8 Å². The van der Waals surface area contributed by atoms with Crippen LogP contribution in [0.4, 0.5) is 5.69 Å². The molecule has 116 valence electrons. The van der Waals surface area contributed by atoms with Gasteiger partial charge in [0.2, 0.25) is 11.8 Å². The van der Waals surface area contributed by atoms with E-state index >= 15 is 0 Å². The standard InChI is InChI=1S/C14H15N3O4S/c1-15-14-17(2)12(19)10(22-14)7-11(18)16-9-5-3-8(4-6-9)13(20)21/h3-6,10H,7H2,1-2H3,(H,16,18)(H,20,21)/t10-/m1/s1. The number of nitrogens with zero attached hydrogens (tertiary/aromatic N) is 2. The zero-order chi connectivity index (χ0) is 16.3. The molecule has 1 aromatic rings. The van der Waals surface area contributed by atoms with Crippen LogP contribution in [0.15, 0.2) is 29.3 Å². The summed E-state index contributed by atoms with van der Waals surface area (Å²) in [5, 5.41) is 11.6. The van der Waals surface area contributed by atoms with Crippen molar-refractivity contribution in [1.82, 2.24) is 4.90 Å². The first-order valence-corrected chi connectivity index (χ1v) is 7.34. The molecule has 1 aromatic carbocycles. The van der Waals surface area contributed by atoms with E-state index in [0.29, 0.717) is 10.9 Å². The van der Waals surface area contributed by atoms with Gasteiger partial charge >= 0.3 is 5.97 Å². The molecule has 1 fully saturated rings. The van der Waals surface area contributed by atoms with Gasteiger partial charge in [0.1, 0.15) is 5.25 Å². The van der Waals surface area contributed by atoms with Crippen molar-refractivity contribution in [2.45, 2.75) is 11.7 Å². The summed E-state index contributed by atoms with van der Waals surface area (Å²) in [5.74, 6) is -1.48. The Morgan fingerprint density at radius 3 is 2.50 bits per heavy atom. The van der Waals surface area contributed by atoms with E-state index in [1.54, 1.807) is 14.1 Å². The van der Waals surface area contributed by atoms with Crippen molar-refractivity contribution in [3.8, 4) is 0 Å². The molecule has 0 saturated carbocycles. The summed E-state index contributed by atoms with van der Waals surface area (Å²) < 4.78 is 0. The van der Waals surface area contributed by atoms with Crippen LogP contribution in [0.3, 0.4) is 0 Å². The van der Waals surface area contributed by atoms with Gasteiger partial charge in [-0.3, -0.25) is 19.5 Å². The van der Waals surface area contributed by atoms with Crippen LogP contribution in [0, 0.1) is 0 Å². The molecule has 0 unspecified atom stereocenters. The van der Waals surface area contributed by atoms with Crippen molar-refractivity contribution in [2.24, 2.45) is 4.99 Å². The van der Waals surface area contributed by atoms with Gasteiger partial charge in [0.05, 0.1) is 5.56 Å². The molecule has 0 aliphatic carbocycles. The second-order valence-electron chi connectivity index (χ2n) is 4.64. The van der Waals surface area contributed by atoms with Crippen LogP contribution in [0.5, 0.6) is 0 Å². The Kier molecular flexibility index (Phi) is 4.81. The number of thioether (sulfide) groups is 1. The average Bonchev–Trinajstić information content (AvgIpc) is 2.75. The zero-order valence-electron chi connectivity index (χ0n) is 12.1. The molecule has 0 spiro atoms. The lowest BCUT2D eigenvalue weighted by Gasteiger charge is -2.09. The minimum absolute atomic E-state index is 0.0353. The zero-order valence-corrected chi connectivity index (χ0v) is 12.9. The minimum atomic E-state index is -1.03. The van der Waals surface area contributed by atoms with E-state index in [2.05, 4.69) is 10.3 Å². The molecule has 7 nitrogen and oxygen atoms in total. The van der Waals surface area contributed by atoms with Gasteiger partial charge in [0, 0.05) is 26.2 Å². The highest BCUT2D eigenvalue weighted by molar-refractivity contribution is 8.15. The number of aliphatic imine (C=N–C) groups is 1. The molecule has 1 saturated heterocycles. The number of carboxylic acids is 1. The number of benzene rings is 1. The van der Waals surface area contributed by atoms with Gasteiger partial charge in [-0.05, 0) is 24.3 Å².